The molecule has 90 valence electrons. The van der Waals surface area contributed by atoms with Gasteiger partial charge in [0.15, 0.2) is 0 Å². The largest absolute Gasteiger partial charge is 0.372 e. The first-order valence-corrected chi connectivity index (χ1v) is 5.46. The lowest BCUT2D eigenvalue weighted by Crippen LogP contribution is -2.21. The smallest absolute Gasteiger partial charge is 0.149 e. The van der Waals surface area contributed by atoms with Crippen molar-refractivity contribution < 1.29 is 8.78 Å². The summed E-state index contributed by atoms with van der Waals surface area (Å²) in [5.41, 5.74) is 0.450. The maximum absolute atomic E-state index is 13.4. The van der Waals surface area contributed by atoms with E-state index in [2.05, 4.69) is 5.32 Å². The van der Waals surface area contributed by atoms with Crippen LogP contribution in [0.15, 0.2) is 18.2 Å². The Morgan fingerprint density at radius 3 is 2.62 bits per heavy atom. The Bertz CT molecular complexity index is 329. The molecule has 2 nitrogen and oxygen atoms in total. The fraction of sp³-hybridized carbons (Fsp3) is 0.500. The van der Waals surface area contributed by atoms with Gasteiger partial charge in [-0.25, -0.2) is 8.78 Å². The third-order valence-electron chi connectivity index (χ3n) is 2.49. The third kappa shape index (κ3) is 3.77. The fourth-order valence-corrected chi connectivity index (χ4v) is 1.56. The number of halogens is 2. The predicted molar refractivity (Wildman–Crippen MR) is 62.8 cm³/mol. The van der Waals surface area contributed by atoms with Crippen molar-refractivity contribution in [3.8, 4) is 0 Å². The number of anilines is 1. The Morgan fingerprint density at radius 2 is 2.00 bits per heavy atom. The summed E-state index contributed by atoms with van der Waals surface area (Å²) in [5.74, 6) is -1.04. The van der Waals surface area contributed by atoms with Gasteiger partial charge in [0.25, 0.3) is 0 Å². The molecule has 1 N–H and O–H groups in total. The van der Waals surface area contributed by atoms with Crippen LogP contribution in [0.2, 0.25) is 0 Å². The minimum absolute atomic E-state index is 0.450. The molecule has 0 aliphatic rings. The van der Waals surface area contributed by atoms with Crippen LogP contribution >= 0.6 is 0 Å². The first-order valence-electron chi connectivity index (χ1n) is 5.46. The number of hydrogen-bond acceptors (Lipinski definition) is 2. The Labute approximate surface area is 95.3 Å². The summed E-state index contributed by atoms with van der Waals surface area (Å²) < 4.78 is 26.1. The van der Waals surface area contributed by atoms with Crippen molar-refractivity contribution in [3.05, 3.63) is 29.8 Å². The zero-order valence-corrected chi connectivity index (χ0v) is 9.76. The van der Waals surface area contributed by atoms with E-state index >= 15 is 0 Å². The van der Waals surface area contributed by atoms with Gasteiger partial charge in [0, 0.05) is 19.7 Å². The van der Waals surface area contributed by atoms with Gasteiger partial charge in [-0.3, -0.25) is 0 Å². The molecular formula is C12H18F2N2. The first kappa shape index (κ1) is 12.9. The molecular weight excluding hydrogens is 210 g/mol. The minimum atomic E-state index is -0.537. The summed E-state index contributed by atoms with van der Waals surface area (Å²) in [6.07, 6.45) is 2.03. The van der Waals surface area contributed by atoms with E-state index in [0.717, 1.165) is 32.0 Å². The van der Waals surface area contributed by atoms with Crippen LogP contribution in [-0.2, 0) is 0 Å². The standard InChI is InChI=1S/C12H18F2N2/c1-15-7-3-4-8-16(2)12-6-5-10(13)9-11(12)14/h5-6,9,15H,3-4,7-8H2,1-2H3. The van der Waals surface area contributed by atoms with E-state index in [9.17, 15) is 8.78 Å². The van der Waals surface area contributed by atoms with Crippen molar-refractivity contribution in [1.29, 1.82) is 0 Å². The van der Waals surface area contributed by atoms with Crippen molar-refractivity contribution in [1.82, 2.24) is 5.32 Å². The Hall–Kier alpha value is -1.16. The van der Waals surface area contributed by atoms with Crippen LogP contribution in [0.5, 0.6) is 0 Å². The molecule has 0 spiro atoms. The first-order chi connectivity index (χ1) is 7.65. The highest BCUT2D eigenvalue weighted by molar-refractivity contribution is 5.46. The number of unbranched alkanes of at least 4 members (excludes halogenated alkanes) is 1. The van der Waals surface area contributed by atoms with E-state index in [1.165, 1.54) is 12.1 Å². The molecule has 1 aromatic rings. The van der Waals surface area contributed by atoms with Crippen molar-refractivity contribution in [2.24, 2.45) is 0 Å². The van der Waals surface area contributed by atoms with Crippen LogP contribution in [0.25, 0.3) is 0 Å². The van der Waals surface area contributed by atoms with Gasteiger partial charge in [0.1, 0.15) is 11.6 Å². The van der Waals surface area contributed by atoms with Crippen LogP contribution in [-0.4, -0.2) is 27.2 Å². The van der Waals surface area contributed by atoms with E-state index in [1.807, 2.05) is 19.0 Å². The van der Waals surface area contributed by atoms with Crippen LogP contribution in [0.3, 0.4) is 0 Å². The second kappa shape index (κ2) is 6.43. The SMILES string of the molecule is CNCCCCN(C)c1ccc(F)cc1F. The zero-order chi connectivity index (χ0) is 12.0. The molecule has 1 rings (SSSR count). The van der Waals surface area contributed by atoms with E-state index < -0.39 is 11.6 Å². The van der Waals surface area contributed by atoms with Crippen LogP contribution < -0.4 is 10.2 Å². The molecule has 0 atom stereocenters. The lowest BCUT2D eigenvalue weighted by atomic mass is 10.2. The lowest BCUT2D eigenvalue weighted by molar-refractivity contribution is 0.578. The molecule has 0 unspecified atom stereocenters. The second-order valence-corrected chi connectivity index (χ2v) is 3.83. The van der Waals surface area contributed by atoms with Crippen molar-refractivity contribution in [2.45, 2.75) is 12.8 Å². The number of rotatable bonds is 6. The molecule has 0 fully saturated rings. The molecule has 0 saturated heterocycles. The van der Waals surface area contributed by atoms with Gasteiger partial charge in [-0.2, -0.15) is 0 Å². The highest BCUT2D eigenvalue weighted by Gasteiger charge is 2.07. The number of hydrogen-bond donors (Lipinski definition) is 1. The number of benzene rings is 1. The molecule has 0 aromatic heterocycles. The predicted octanol–water partition coefficient (Wildman–Crippen LogP) is 2.40. The van der Waals surface area contributed by atoms with E-state index in [0.29, 0.717) is 5.69 Å². The quantitative estimate of drug-likeness (QED) is 0.752. The Balaban J connectivity index is 2.49. The average Bonchev–Trinajstić information content (AvgIpc) is 2.24. The molecule has 1 aromatic carbocycles. The maximum atomic E-state index is 13.4. The van der Waals surface area contributed by atoms with Crippen LogP contribution in [0.1, 0.15) is 12.8 Å². The summed E-state index contributed by atoms with van der Waals surface area (Å²) in [4.78, 5) is 1.81. The molecule has 16 heavy (non-hydrogen) atoms. The molecule has 0 bridgehead atoms. The topological polar surface area (TPSA) is 15.3 Å². The van der Waals surface area contributed by atoms with Crippen LogP contribution in [0, 0.1) is 11.6 Å². The lowest BCUT2D eigenvalue weighted by Gasteiger charge is -2.19. The molecule has 0 aliphatic carbocycles. The normalized spacial score (nSPS) is 10.5. The summed E-state index contributed by atoms with van der Waals surface area (Å²) in [6, 6.07) is 3.67. The number of nitrogens with one attached hydrogen (secondary N) is 1. The average molecular weight is 228 g/mol. The highest BCUT2D eigenvalue weighted by Crippen LogP contribution is 2.18. The van der Waals surface area contributed by atoms with Gasteiger partial charge in [-0.05, 0) is 38.6 Å². The van der Waals surface area contributed by atoms with Crippen LogP contribution in [0.4, 0.5) is 14.5 Å². The van der Waals surface area contributed by atoms with Gasteiger partial charge >= 0.3 is 0 Å². The number of nitrogens with zero attached hydrogens (tertiary/aromatic N) is 1. The fourth-order valence-electron chi connectivity index (χ4n) is 1.56. The van der Waals surface area contributed by atoms with Gasteiger partial charge < -0.3 is 10.2 Å². The van der Waals surface area contributed by atoms with Gasteiger partial charge in [-0.1, -0.05) is 0 Å². The summed E-state index contributed by atoms with van der Waals surface area (Å²) in [7, 11) is 3.72. The molecule has 0 saturated carbocycles. The third-order valence-corrected chi connectivity index (χ3v) is 2.49. The van der Waals surface area contributed by atoms with Crippen molar-refractivity contribution in [2.75, 3.05) is 32.1 Å². The monoisotopic (exact) mass is 228 g/mol. The Kier molecular flexibility index (Phi) is 5.19. The van der Waals surface area contributed by atoms with Gasteiger partial charge in [-0.15, -0.1) is 0 Å². The van der Waals surface area contributed by atoms with Crippen molar-refractivity contribution >= 4 is 5.69 Å². The molecule has 0 amide bonds. The van der Waals surface area contributed by atoms with E-state index in [4.69, 9.17) is 0 Å². The van der Waals surface area contributed by atoms with Crippen molar-refractivity contribution in [3.63, 3.8) is 0 Å². The molecule has 0 aliphatic heterocycles. The summed E-state index contributed by atoms with van der Waals surface area (Å²) in [6.45, 7) is 1.73. The van der Waals surface area contributed by atoms with E-state index in [-0.39, 0.29) is 0 Å². The maximum Gasteiger partial charge on any atom is 0.149 e. The summed E-state index contributed by atoms with van der Waals surface area (Å²) in [5, 5.41) is 3.06. The molecule has 0 heterocycles. The Morgan fingerprint density at radius 1 is 1.25 bits per heavy atom. The van der Waals surface area contributed by atoms with Gasteiger partial charge in [0.05, 0.1) is 5.69 Å². The molecule has 4 heteroatoms. The highest BCUT2D eigenvalue weighted by atomic mass is 19.1. The molecule has 0 radical (unpaired) electrons. The van der Waals surface area contributed by atoms with E-state index in [1.54, 1.807) is 0 Å². The minimum Gasteiger partial charge on any atom is -0.372 e. The zero-order valence-electron chi connectivity index (χ0n) is 9.76. The second-order valence-electron chi connectivity index (χ2n) is 3.83. The summed E-state index contributed by atoms with van der Waals surface area (Å²) >= 11 is 0. The van der Waals surface area contributed by atoms with Gasteiger partial charge in [0.2, 0.25) is 0 Å².